The van der Waals surface area contributed by atoms with Crippen LogP contribution < -0.4 is 0 Å². The molecule has 1 saturated heterocycles. The number of aryl methyl sites for hydroxylation is 1. The first-order chi connectivity index (χ1) is 11.4. The molecule has 126 valence electrons. The quantitative estimate of drug-likeness (QED) is 0.926. The highest BCUT2D eigenvalue weighted by Crippen LogP contribution is 2.24. The summed E-state index contributed by atoms with van der Waals surface area (Å²) in [4.78, 5) is 25.2. The van der Waals surface area contributed by atoms with Gasteiger partial charge in [-0.15, -0.1) is 0 Å². The number of carboxylic acids is 1. The summed E-state index contributed by atoms with van der Waals surface area (Å²) in [5, 5.41) is 14.2. The van der Waals surface area contributed by atoms with Crippen LogP contribution in [-0.4, -0.2) is 44.3 Å². The molecule has 7 heteroatoms. The third-order valence-electron chi connectivity index (χ3n) is 4.36. The van der Waals surface area contributed by atoms with Gasteiger partial charge in [-0.25, -0.2) is 9.48 Å². The molecule has 1 fully saturated rings. The van der Waals surface area contributed by atoms with Crippen LogP contribution in [0.25, 0.3) is 5.69 Å². The second kappa shape index (κ2) is 6.28. The third-order valence-corrected chi connectivity index (χ3v) is 4.91. The van der Waals surface area contributed by atoms with Crippen LogP contribution in [0.4, 0.5) is 0 Å². The SMILES string of the molecule is Cc1nn(-c2ccc(C(=O)N3CCCC3C(=O)O)cc2)c(C)c1Cl. The van der Waals surface area contributed by atoms with Gasteiger partial charge in [0.25, 0.3) is 5.91 Å². The van der Waals surface area contributed by atoms with Gasteiger partial charge >= 0.3 is 5.97 Å². The summed E-state index contributed by atoms with van der Waals surface area (Å²) in [5.74, 6) is -1.20. The fraction of sp³-hybridized carbons (Fsp3) is 0.353. The predicted octanol–water partition coefficient (Wildman–Crippen LogP) is 2.83. The van der Waals surface area contributed by atoms with E-state index in [0.29, 0.717) is 30.0 Å². The molecule has 0 aliphatic carbocycles. The van der Waals surface area contributed by atoms with Crippen LogP contribution in [0.3, 0.4) is 0 Å². The topological polar surface area (TPSA) is 75.4 Å². The van der Waals surface area contributed by atoms with Gasteiger partial charge in [0.1, 0.15) is 6.04 Å². The van der Waals surface area contributed by atoms with Crippen LogP contribution in [-0.2, 0) is 4.79 Å². The van der Waals surface area contributed by atoms with E-state index >= 15 is 0 Å². The molecule has 0 saturated carbocycles. The van der Waals surface area contributed by atoms with Gasteiger partial charge in [-0.1, -0.05) is 11.6 Å². The molecule has 1 atom stereocenters. The Hall–Kier alpha value is -2.34. The van der Waals surface area contributed by atoms with E-state index in [1.165, 1.54) is 4.90 Å². The number of benzene rings is 1. The summed E-state index contributed by atoms with van der Waals surface area (Å²) in [6, 6.07) is 6.23. The van der Waals surface area contributed by atoms with E-state index in [-0.39, 0.29) is 5.91 Å². The second-order valence-corrected chi connectivity index (χ2v) is 6.32. The second-order valence-electron chi connectivity index (χ2n) is 5.94. The van der Waals surface area contributed by atoms with Crippen molar-refractivity contribution < 1.29 is 14.7 Å². The van der Waals surface area contributed by atoms with Crippen molar-refractivity contribution in [2.45, 2.75) is 32.7 Å². The average Bonchev–Trinajstić information content (AvgIpc) is 3.16. The molecule has 1 N–H and O–H groups in total. The molecular formula is C17H18ClN3O3. The van der Waals surface area contributed by atoms with Gasteiger partial charge in [0.15, 0.2) is 0 Å². The number of rotatable bonds is 3. The van der Waals surface area contributed by atoms with E-state index in [0.717, 1.165) is 17.1 Å². The number of carboxylic acid groups (broad SMARTS) is 1. The fourth-order valence-corrected chi connectivity index (χ4v) is 3.17. The van der Waals surface area contributed by atoms with E-state index in [2.05, 4.69) is 5.10 Å². The lowest BCUT2D eigenvalue weighted by Gasteiger charge is -2.21. The number of hydrogen-bond donors (Lipinski definition) is 1. The molecule has 24 heavy (non-hydrogen) atoms. The van der Waals surface area contributed by atoms with E-state index in [1.54, 1.807) is 28.9 Å². The minimum Gasteiger partial charge on any atom is -0.480 e. The maximum absolute atomic E-state index is 12.6. The smallest absolute Gasteiger partial charge is 0.326 e. The van der Waals surface area contributed by atoms with Crippen molar-refractivity contribution in [3.63, 3.8) is 0 Å². The van der Waals surface area contributed by atoms with Gasteiger partial charge in [-0.2, -0.15) is 5.10 Å². The summed E-state index contributed by atoms with van der Waals surface area (Å²) in [7, 11) is 0. The van der Waals surface area contributed by atoms with Gasteiger partial charge in [0, 0.05) is 12.1 Å². The first-order valence-electron chi connectivity index (χ1n) is 7.76. The Morgan fingerprint density at radius 3 is 2.46 bits per heavy atom. The Balaban J connectivity index is 1.85. The number of carbonyl (C=O) groups excluding carboxylic acids is 1. The van der Waals surface area contributed by atoms with Crippen LogP contribution in [0.15, 0.2) is 24.3 Å². The highest BCUT2D eigenvalue weighted by atomic mass is 35.5. The Kier molecular flexibility index (Phi) is 4.32. The molecule has 0 bridgehead atoms. The molecule has 1 aromatic carbocycles. The van der Waals surface area contributed by atoms with Crippen molar-refractivity contribution in [3.05, 3.63) is 46.2 Å². The van der Waals surface area contributed by atoms with E-state index < -0.39 is 12.0 Å². The lowest BCUT2D eigenvalue weighted by atomic mass is 10.1. The third kappa shape index (κ3) is 2.78. The lowest BCUT2D eigenvalue weighted by molar-refractivity contribution is -0.141. The average molecular weight is 348 g/mol. The van der Waals surface area contributed by atoms with Gasteiger partial charge in [-0.3, -0.25) is 4.79 Å². The van der Waals surface area contributed by atoms with Crippen molar-refractivity contribution in [2.24, 2.45) is 0 Å². The molecule has 1 unspecified atom stereocenters. The number of nitrogens with zero attached hydrogens (tertiary/aromatic N) is 3. The van der Waals surface area contributed by atoms with Gasteiger partial charge in [-0.05, 0) is 51.0 Å². The molecule has 1 aliphatic rings. The summed E-state index contributed by atoms with van der Waals surface area (Å²) in [5.41, 5.74) is 2.85. The Morgan fingerprint density at radius 2 is 1.92 bits per heavy atom. The van der Waals surface area contributed by atoms with Gasteiger partial charge < -0.3 is 10.0 Å². The number of hydrogen-bond acceptors (Lipinski definition) is 3. The highest BCUT2D eigenvalue weighted by molar-refractivity contribution is 6.31. The summed E-state index contributed by atoms with van der Waals surface area (Å²) in [6.07, 6.45) is 1.22. The lowest BCUT2D eigenvalue weighted by Crippen LogP contribution is -2.40. The molecule has 6 nitrogen and oxygen atoms in total. The minimum absolute atomic E-state index is 0.252. The highest BCUT2D eigenvalue weighted by Gasteiger charge is 2.34. The zero-order chi connectivity index (χ0) is 17.4. The zero-order valence-electron chi connectivity index (χ0n) is 13.5. The molecule has 3 rings (SSSR count). The normalized spacial score (nSPS) is 17.3. The standard InChI is InChI=1S/C17H18ClN3O3/c1-10-15(18)11(2)21(19-10)13-7-5-12(6-8-13)16(22)20-9-3-4-14(20)17(23)24/h5-8,14H,3-4,9H2,1-2H3,(H,23,24). The van der Waals surface area contributed by atoms with Crippen molar-refractivity contribution in [3.8, 4) is 5.69 Å². The van der Waals surface area contributed by atoms with Gasteiger partial charge in [0.05, 0.1) is 22.1 Å². The van der Waals surface area contributed by atoms with Crippen LogP contribution in [0, 0.1) is 13.8 Å². The van der Waals surface area contributed by atoms with Crippen molar-refractivity contribution >= 4 is 23.5 Å². The Labute approximate surface area is 144 Å². The summed E-state index contributed by atoms with van der Waals surface area (Å²) in [6.45, 7) is 4.19. The van der Waals surface area contributed by atoms with Crippen molar-refractivity contribution in [1.29, 1.82) is 0 Å². The van der Waals surface area contributed by atoms with Crippen LogP contribution in [0.1, 0.15) is 34.6 Å². The molecular weight excluding hydrogens is 330 g/mol. The first-order valence-corrected chi connectivity index (χ1v) is 8.14. The monoisotopic (exact) mass is 347 g/mol. The molecule has 1 amide bonds. The minimum atomic E-state index is -0.949. The van der Waals surface area contributed by atoms with Crippen LogP contribution in [0.5, 0.6) is 0 Å². The largest absolute Gasteiger partial charge is 0.480 e. The first kappa shape index (κ1) is 16.5. The summed E-state index contributed by atoms with van der Waals surface area (Å²) < 4.78 is 1.72. The zero-order valence-corrected chi connectivity index (χ0v) is 14.2. The van der Waals surface area contributed by atoms with E-state index in [9.17, 15) is 14.7 Å². The predicted molar refractivity (Wildman–Crippen MR) is 89.7 cm³/mol. The number of amides is 1. The fourth-order valence-electron chi connectivity index (χ4n) is 3.05. The molecule has 1 aliphatic heterocycles. The number of carbonyl (C=O) groups is 2. The van der Waals surface area contributed by atoms with Crippen LogP contribution in [0.2, 0.25) is 5.02 Å². The Bertz CT molecular complexity index is 798. The molecule has 2 aromatic rings. The van der Waals surface area contributed by atoms with Gasteiger partial charge in [0.2, 0.25) is 0 Å². The van der Waals surface area contributed by atoms with E-state index in [4.69, 9.17) is 11.6 Å². The maximum Gasteiger partial charge on any atom is 0.326 e. The molecule has 0 radical (unpaired) electrons. The number of likely N-dealkylation sites (tertiary alicyclic amines) is 1. The molecule has 1 aromatic heterocycles. The number of aliphatic carboxylic acids is 1. The van der Waals surface area contributed by atoms with E-state index in [1.807, 2.05) is 13.8 Å². The Morgan fingerprint density at radius 1 is 1.25 bits per heavy atom. The maximum atomic E-state index is 12.6. The van der Waals surface area contributed by atoms with Crippen molar-refractivity contribution in [1.82, 2.24) is 14.7 Å². The summed E-state index contributed by atoms with van der Waals surface area (Å²) >= 11 is 6.16. The van der Waals surface area contributed by atoms with Crippen molar-refractivity contribution in [2.75, 3.05) is 6.54 Å². The number of aromatic nitrogens is 2. The molecule has 2 heterocycles. The molecule has 0 spiro atoms. The number of halogens is 1. The van der Waals surface area contributed by atoms with Crippen LogP contribution >= 0.6 is 11.6 Å².